The number of hydrogen-bond acceptors (Lipinski definition) is 2. The Morgan fingerprint density at radius 1 is 0.944 bits per heavy atom. The maximum Gasteiger partial charge on any atom is 0.130 e. The molecule has 3 rings (SSSR count). The molecule has 0 amide bonds. The SMILES string of the molecule is N#CC1=COc2ccccc2C1c1ccccc1. The minimum absolute atomic E-state index is 0.0267. The van der Waals surface area contributed by atoms with Gasteiger partial charge < -0.3 is 4.74 Å². The van der Waals surface area contributed by atoms with E-state index in [0.717, 1.165) is 16.9 Å². The molecular formula is C16H11NO. The van der Waals surface area contributed by atoms with Crippen molar-refractivity contribution in [1.82, 2.24) is 0 Å². The normalized spacial score (nSPS) is 17.1. The molecule has 0 radical (unpaired) electrons. The lowest BCUT2D eigenvalue weighted by Crippen LogP contribution is -2.10. The first-order valence-corrected chi connectivity index (χ1v) is 5.81. The van der Waals surface area contributed by atoms with E-state index in [-0.39, 0.29) is 5.92 Å². The number of nitriles is 1. The van der Waals surface area contributed by atoms with E-state index in [1.54, 1.807) is 6.26 Å². The van der Waals surface area contributed by atoms with E-state index in [9.17, 15) is 5.26 Å². The summed E-state index contributed by atoms with van der Waals surface area (Å²) < 4.78 is 5.49. The van der Waals surface area contributed by atoms with Gasteiger partial charge in [-0.3, -0.25) is 0 Å². The Bertz CT molecular complexity index is 638. The number of fused-ring (bicyclic) bond motifs is 1. The fourth-order valence-corrected chi connectivity index (χ4v) is 2.28. The topological polar surface area (TPSA) is 33.0 Å². The first kappa shape index (κ1) is 10.6. The zero-order valence-corrected chi connectivity index (χ0v) is 9.71. The van der Waals surface area contributed by atoms with Crippen LogP contribution in [0.2, 0.25) is 0 Å². The molecule has 2 aromatic carbocycles. The van der Waals surface area contributed by atoms with Crippen LogP contribution < -0.4 is 4.74 Å². The minimum atomic E-state index is -0.0267. The Balaban J connectivity index is 2.17. The zero-order chi connectivity index (χ0) is 12.4. The van der Waals surface area contributed by atoms with E-state index in [1.165, 1.54) is 0 Å². The molecule has 0 saturated heterocycles. The van der Waals surface area contributed by atoms with E-state index in [4.69, 9.17) is 4.74 Å². The molecule has 0 saturated carbocycles. The van der Waals surface area contributed by atoms with Crippen LogP contribution in [0.5, 0.6) is 5.75 Å². The number of hydrogen-bond donors (Lipinski definition) is 0. The van der Waals surface area contributed by atoms with Crippen LogP contribution in [-0.2, 0) is 0 Å². The molecule has 2 aromatic rings. The van der Waals surface area contributed by atoms with Crippen LogP contribution in [0.25, 0.3) is 0 Å². The summed E-state index contributed by atoms with van der Waals surface area (Å²) in [6.07, 6.45) is 1.56. The molecule has 0 aromatic heterocycles. The smallest absolute Gasteiger partial charge is 0.130 e. The van der Waals surface area contributed by atoms with E-state index < -0.39 is 0 Å². The lowest BCUT2D eigenvalue weighted by Gasteiger charge is -2.23. The lowest BCUT2D eigenvalue weighted by atomic mass is 9.84. The number of nitrogens with zero attached hydrogens (tertiary/aromatic N) is 1. The van der Waals surface area contributed by atoms with Crippen LogP contribution >= 0.6 is 0 Å². The van der Waals surface area contributed by atoms with Crippen molar-refractivity contribution < 1.29 is 4.74 Å². The third-order valence-corrected chi connectivity index (χ3v) is 3.12. The van der Waals surface area contributed by atoms with Crippen LogP contribution in [0.15, 0.2) is 66.4 Å². The van der Waals surface area contributed by atoms with E-state index in [1.807, 2.05) is 54.6 Å². The number of benzene rings is 2. The molecular weight excluding hydrogens is 222 g/mol. The van der Waals surface area contributed by atoms with Crippen LogP contribution in [0.1, 0.15) is 17.0 Å². The monoisotopic (exact) mass is 233 g/mol. The largest absolute Gasteiger partial charge is 0.464 e. The third-order valence-electron chi connectivity index (χ3n) is 3.12. The van der Waals surface area contributed by atoms with Gasteiger partial charge in [-0.2, -0.15) is 5.26 Å². The highest BCUT2D eigenvalue weighted by Crippen LogP contribution is 2.39. The van der Waals surface area contributed by atoms with Crippen molar-refractivity contribution in [3.63, 3.8) is 0 Å². The predicted molar refractivity (Wildman–Crippen MR) is 69.1 cm³/mol. The average Bonchev–Trinajstić information content (AvgIpc) is 2.47. The van der Waals surface area contributed by atoms with Gasteiger partial charge in [0.25, 0.3) is 0 Å². The predicted octanol–water partition coefficient (Wildman–Crippen LogP) is 3.62. The van der Waals surface area contributed by atoms with Crippen molar-refractivity contribution in [2.75, 3.05) is 0 Å². The van der Waals surface area contributed by atoms with Gasteiger partial charge >= 0.3 is 0 Å². The summed E-state index contributed by atoms with van der Waals surface area (Å²) in [4.78, 5) is 0. The Morgan fingerprint density at radius 2 is 1.67 bits per heavy atom. The third kappa shape index (κ3) is 1.66. The van der Waals surface area contributed by atoms with Crippen molar-refractivity contribution in [2.24, 2.45) is 0 Å². The summed E-state index contributed by atoms with van der Waals surface area (Å²) in [5.74, 6) is 0.798. The lowest BCUT2D eigenvalue weighted by molar-refractivity contribution is 0.453. The van der Waals surface area contributed by atoms with E-state index in [2.05, 4.69) is 6.07 Å². The molecule has 1 aliphatic rings. The van der Waals surface area contributed by atoms with Gasteiger partial charge in [-0.15, -0.1) is 0 Å². The molecule has 0 aliphatic carbocycles. The quantitative estimate of drug-likeness (QED) is 0.753. The van der Waals surface area contributed by atoms with Crippen molar-refractivity contribution in [3.05, 3.63) is 77.6 Å². The molecule has 86 valence electrons. The molecule has 0 spiro atoms. The minimum Gasteiger partial charge on any atom is -0.464 e. The number of allylic oxidation sites excluding steroid dienone is 1. The molecule has 1 atom stereocenters. The first-order chi connectivity index (χ1) is 8.90. The van der Waals surface area contributed by atoms with Crippen molar-refractivity contribution in [3.8, 4) is 11.8 Å². The highest BCUT2D eigenvalue weighted by molar-refractivity contribution is 5.53. The molecule has 2 heteroatoms. The summed E-state index contributed by atoms with van der Waals surface area (Å²) in [6.45, 7) is 0. The van der Waals surface area contributed by atoms with E-state index in [0.29, 0.717) is 5.57 Å². The highest BCUT2D eigenvalue weighted by atomic mass is 16.5. The Kier molecular flexibility index (Phi) is 2.59. The fourth-order valence-electron chi connectivity index (χ4n) is 2.28. The van der Waals surface area contributed by atoms with Crippen LogP contribution in [-0.4, -0.2) is 0 Å². The van der Waals surface area contributed by atoms with Crippen LogP contribution in [0.3, 0.4) is 0 Å². The second-order valence-electron chi connectivity index (χ2n) is 4.18. The molecule has 0 N–H and O–H groups in total. The molecule has 0 bridgehead atoms. The van der Waals surface area contributed by atoms with Gasteiger partial charge in [-0.25, -0.2) is 0 Å². The molecule has 1 unspecified atom stereocenters. The van der Waals surface area contributed by atoms with Gasteiger partial charge in [-0.1, -0.05) is 48.5 Å². The Hall–Kier alpha value is -2.53. The Labute approximate surface area is 106 Å². The second-order valence-corrected chi connectivity index (χ2v) is 4.18. The standard InChI is InChI=1S/C16H11NO/c17-10-13-11-18-15-9-5-4-8-14(15)16(13)12-6-2-1-3-7-12/h1-9,11,16H. The maximum atomic E-state index is 9.25. The van der Waals surface area contributed by atoms with Gasteiger partial charge in [0.15, 0.2) is 0 Å². The van der Waals surface area contributed by atoms with Crippen molar-refractivity contribution in [2.45, 2.75) is 5.92 Å². The number of para-hydroxylation sites is 1. The zero-order valence-electron chi connectivity index (χ0n) is 9.71. The summed E-state index contributed by atoms with van der Waals surface area (Å²) in [7, 11) is 0. The average molecular weight is 233 g/mol. The summed E-state index contributed by atoms with van der Waals surface area (Å²) >= 11 is 0. The molecule has 18 heavy (non-hydrogen) atoms. The van der Waals surface area contributed by atoms with Gasteiger partial charge in [0.2, 0.25) is 0 Å². The number of rotatable bonds is 1. The highest BCUT2D eigenvalue weighted by Gasteiger charge is 2.25. The fraction of sp³-hybridized carbons (Fsp3) is 0.0625. The number of ether oxygens (including phenoxy) is 1. The molecule has 1 aliphatic heterocycles. The van der Waals surface area contributed by atoms with Crippen molar-refractivity contribution in [1.29, 1.82) is 5.26 Å². The van der Waals surface area contributed by atoms with E-state index >= 15 is 0 Å². The summed E-state index contributed by atoms with van der Waals surface area (Å²) in [5, 5.41) is 9.25. The second kappa shape index (κ2) is 4.38. The van der Waals surface area contributed by atoms with Gasteiger partial charge in [-0.05, 0) is 11.6 Å². The molecule has 0 fully saturated rings. The molecule has 2 nitrogen and oxygen atoms in total. The summed E-state index contributed by atoms with van der Waals surface area (Å²) in [5.41, 5.74) is 2.80. The maximum absolute atomic E-state index is 9.25. The van der Waals surface area contributed by atoms with Crippen molar-refractivity contribution >= 4 is 0 Å². The first-order valence-electron chi connectivity index (χ1n) is 5.81. The van der Waals surface area contributed by atoms with Gasteiger partial charge in [0.1, 0.15) is 12.0 Å². The van der Waals surface area contributed by atoms with Gasteiger partial charge in [0.05, 0.1) is 17.6 Å². The summed E-state index contributed by atoms with van der Waals surface area (Å²) in [6, 6.07) is 20.1. The Morgan fingerprint density at radius 3 is 2.44 bits per heavy atom. The molecule has 1 heterocycles. The van der Waals surface area contributed by atoms with Crippen LogP contribution in [0, 0.1) is 11.3 Å². The van der Waals surface area contributed by atoms with Crippen LogP contribution in [0.4, 0.5) is 0 Å². The van der Waals surface area contributed by atoms with Gasteiger partial charge in [0, 0.05) is 5.56 Å².